The van der Waals surface area contributed by atoms with Gasteiger partial charge in [0.2, 0.25) is 10.0 Å². The summed E-state index contributed by atoms with van der Waals surface area (Å²) in [5.41, 5.74) is 0. The summed E-state index contributed by atoms with van der Waals surface area (Å²) < 4.78 is 25.1. The van der Waals surface area contributed by atoms with Crippen molar-refractivity contribution in [1.29, 1.82) is 0 Å². The van der Waals surface area contributed by atoms with E-state index in [-0.39, 0.29) is 12.1 Å². The number of anilines is 1. The molecule has 6 heteroatoms. The fourth-order valence-corrected chi connectivity index (χ4v) is 4.34. The molecular formula is C12H17N3O2S. The van der Waals surface area contributed by atoms with E-state index >= 15 is 0 Å². The van der Waals surface area contributed by atoms with Crippen molar-refractivity contribution >= 4 is 15.8 Å². The molecule has 0 bridgehead atoms. The molecule has 3 heterocycles. The summed E-state index contributed by atoms with van der Waals surface area (Å²) in [6, 6.07) is 6.27. The smallest absolute Gasteiger partial charge is 0.211 e. The average molecular weight is 267 g/mol. The Bertz CT molecular complexity index is 532. The van der Waals surface area contributed by atoms with Crippen LogP contribution in [-0.2, 0) is 10.0 Å². The lowest BCUT2D eigenvalue weighted by Gasteiger charge is -2.25. The number of sulfonamides is 1. The topological polar surface area (TPSA) is 53.5 Å². The van der Waals surface area contributed by atoms with E-state index in [1.165, 1.54) is 6.26 Å². The number of pyridine rings is 1. The van der Waals surface area contributed by atoms with Gasteiger partial charge in [-0.05, 0) is 25.0 Å². The van der Waals surface area contributed by atoms with Gasteiger partial charge in [0, 0.05) is 31.4 Å². The molecule has 0 unspecified atom stereocenters. The van der Waals surface area contributed by atoms with Gasteiger partial charge in [-0.3, -0.25) is 0 Å². The fraction of sp³-hybridized carbons (Fsp3) is 0.583. The summed E-state index contributed by atoms with van der Waals surface area (Å²) in [6.07, 6.45) is 4.88. The first-order valence-electron chi connectivity index (χ1n) is 6.22. The van der Waals surface area contributed by atoms with E-state index in [0.717, 1.165) is 25.2 Å². The Morgan fingerprint density at radius 2 is 2.00 bits per heavy atom. The van der Waals surface area contributed by atoms with Crippen molar-refractivity contribution < 1.29 is 8.42 Å². The molecule has 1 aromatic rings. The van der Waals surface area contributed by atoms with E-state index in [1.807, 2.05) is 18.2 Å². The van der Waals surface area contributed by atoms with Gasteiger partial charge in [-0.2, -0.15) is 4.31 Å². The first kappa shape index (κ1) is 11.9. The predicted molar refractivity (Wildman–Crippen MR) is 69.9 cm³/mol. The monoisotopic (exact) mass is 267 g/mol. The average Bonchev–Trinajstić information content (AvgIpc) is 2.88. The molecule has 0 aromatic carbocycles. The van der Waals surface area contributed by atoms with Crippen molar-refractivity contribution in [2.75, 3.05) is 24.2 Å². The van der Waals surface area contributed by atoms with Crippen LogP contribution in [0, 0.1) is 0 Å². The van der Waals surface area contributed by atoms with Crippen LogP contribution in [0.1, 0.15) is 12.8 Å². The quantitative estimate of drug-likeness (QED) is 0.791. The number of fused-ring (bicyclic) bond motifs is 1. The van der Waals surface area contributed by atoms with Crippen molar-refractivity contribution in [3.05, 3.63) is 24.4 Å². The lowest BCUT2D eigenvalue weighted by Crippen LogP contribution is -2.39. The van der Waals surface area contributed by atoms with E-state index in [9.17, 15) is 8.42 Å². The van der Waals surface area contributed by atoms with Crippen LogP contribution in [0.15, 0.2) is 24.4 Å². The number of hydrogen-bond donors (Lipinski definition) is 0. The molecule has 5 nitrogen and oxygen atoms in total. The van der Waals surface area contributed by atoms with E-state index in [4.69, 9.17) is 0 Å². The Morgan fingerprint density at radius 1 is 1.22 bits per heavy atom. The number of rotatable bonds is 2. The minimum Gasteiger partial charge on any atom is -0.352 e. The van der Waals surface area contributed by atoms with Gasteiger partial charge in [0.05, 0.1) is 6.26 Å². The fourth-order valence-electron chi connectivity index (χ4n) is 3.17. The zero-order chi connectivity index (χ0) is 12.8. The summed E-state index contributed by atoms with van der Waals surface area (Å²) in [4.78, 5) is 6.61. The van der Waals surface area contributed by atoms with Gasteiger partial charge in [0.1, 0.15) is 5.82 Å². The number of aromatic nitrogens is 1. The van der Waals surface area contributed by atoms with Gasteiger partial charge in [-0.1, -0.05) is 6.07 Å². The van der Waals surface area contributed by atoms with Crippen molar-refractivity contribution in [3.63, 3.8) is 0 Å². The Kier molecular flexibility index (Phi) is 2.79. The Hall–Kier alpha value is -1.14. The van der Waals surface area contributed by atoms with Crippen molar-refractivity contribution in [2.45, 2.75) is 24.9 Å². The summed E-state index contributed by atoms with van der Waals surface area (Å²) >= 11 is 0. The number of hydrogen-bond acceptors (Lipinski definition) is 4. The van der Waals surface area contributed by atoms with E-state index in [1.54, 1.807) is 10.5 Å². The van der Waals surface area contributed by atoms with Crippen LogP contribution >= 0.6 is 0 Å². The first-order chi connectivity index (χ1) is 8.57. The Morgan fingerprint density at radius 3 is 2.67 bits per heavy atom. The first-order valence-corrected chi connectivity index (χ1v) is 8.07. The minimum absolute atomic E-state index is 0.127. The second-order valence-electron chi connectivity index (χ2n) is 4.97. The van der Waals surface area contributed by atoms with Crippen LogP contribution in [0.3, 0.4) is 0 Å². The van der Waals surface area contributed by atoms with E-state index < -0.39 is 10.0 Å². The lowest BCUT2D eigenvalue weighted by molar-refractivity contribution is 0.391. The Labute approximate surface area is 107 Å². The van der Waals surface area contributed by atoms with Gasteiger partial charge in [0.15, 0.2) is 0 Å². The van der Waals surface area contributed by atoms with Crippen molar-refractivity contribution in [3.8, 4) is 0 Å². The minimum atomic E-state index is -3.08. The van der Waals surface area contributed by atoms with Crippen LogP contribution in [0.25, 0.3) is 0 Å². The number of nitrogens with zero attached hydrogens (tertiary/aromatic N) is 3. The Balaban J connectivity index is 1.85. The predicted octanol–water partition coefficient (Wildman–Crippen LogP) is 0.694. The van der Waals surface area contributed by atoms with Gasteiger partial charge in [-0.25, -0.2) is 13.4 Å². The molecule has 0 radical (unpaired) electrons. The third-order valence-electron chi connectivity index (χ3n) is 3.89. The molecule has 1 aromatic heterocycles. The highest BCUT2D eigenvalue weighted by molar-refractivity contribution is 7.88. The molecular weight excluding hydrogens is 250 g/mol. The molecule has 0 N–H and O–H groups in total. The van der Waals surface area contributed by atoms with Crippen LogP contribution in [0.4, 0.5) is 5.82 Å². The maximum atomic E-state index is 11.7. The summed E-state index contributed by atoms with van der Waals surface area (Å²) in [5, 5.41) is 0. The highest BCUT2D eigenvalue weighted by Crippen LogP contribution is 2.35. The normalized spacial score (nSPS) is 28.6. The van der Waals surface area contributed by atoms with Crippen LogP contribution in [0.5, 0.6) is 0 Å². The van der Waals surface area contributed by atoms with Crippen molar-refractivity contribution in [1.82, 2.24) is 9.29 Å². The lowest BCUT2D eigenvalue weighted by atomic mass is 10.1. The molecule has 0 aliphatic carbocycles. The summed E-state index contributed by atoms with van der Waals surface area (Å²) in [5.74, 6) is 0.959. The largest absolute Gasteiger partial charge is 0.352 e. The molecule has 2 atom stereocenters. The van der Waals surface area contributed by atoms with Gasteiger partial charge >= 0.3 is 0 Å². The third-order valence-corrected chi connectivity index (χ3v) is 5.20. The van der Waals surface area contributed by atoms with Gasteiger partial charge in [-0.15, -0.1) is 0 Å². The SMILES string of the molecule is CS(=O)(=O)N1CC[C@@H]2[C@@H]1CCN2c1ccccn1. The summed E-state index contributed by atoms with van der Waals surface area (Å²) in [6.45, 7) is 1.52. The molecule has 0 spiro atoms. The molecule has 2 aliphatic heterocycles. The zero-order valence-corrected chi connectivity index (χ0v) is 11.2. The molecule has 2 fully saturated rings. The van der Waals surface area contributed by atoms with Gasteiger partial charge < -0.3 is 4.90 Å². The molecule has 18 heavy (non-hydrogen) atoms. The molecule has 2 saturated heterocycles. The maximum Gasteiger partial charge on any atom is 0.211 e. The molecule has 98 valence electrons. The summed E-state index contributed by atoms with van der Waals surface area (Å²) in [7, 11) is -3.08. The standard InChI is InChI=1S/C12H17N3O2S/c1-18(16,17)15-9-6-10-11(15)5-8-14(10)12-4-2-3-7-13-12/h2-4,7,10-11H,5-6,8-9H2,1H3/t10-,11+/m1/s1. The second-order valence-corrected chi connectivity index (χ2v) is 6.90. The maximum absolute atomic E-state index is 11.7. The van der Waals surface area contributed by atoms with Gasteiger partial charge in [0.25, 0.3) is 0 Å². The van der Waals surface area contributed by atoms with Crippen molar-refractivity contribution in [2.24, 2.45) is 0 Å². The third kappa shape index (κ3) is 1.89. The molecule has 3 rings (SSSR count). The molecule has 2 aliphatic rings. The van der Waals surface area contributed by atoms with Crippen LogP contribution in [-0.4, -0.2) is 49.1 Å². The molecule has 0 amide bonds. The van der Waals surface area contributed by atoms with E-state index in [2.05, 4.69) is 9.88 Å². The molecule has 0 saturated carbocycles. The highest BCUT2D eigenvalue weighted by atomic mass is 32.2. The highest BCUT2D eigenvalue weighted by Gasteiger charge is 2.46. The van der Waals surface area contributed by atoms with Crippen LogP contribution in [0.2, 0.25) is 0 Å². The second kappa shape index (κ2) is 4.20. The zero-order valence-electron chi connectivity index (χ0n) is 10.4. The van der Waals surface area contributed by atoms with Crippen LogP contribution < -0.4 is 4.90 Å². The van der Waals surface area contributed by atoms with E-state index in [0.29, 0.717) is 6.54 Å².